The van der Waals surface area contributed by atoms with E-state index in [1.54, 1.807) is 9.58 Å². The third-order valence-corrected chi connectivity index (χ3v) is 3.89. The van der Waals surface area contributed by atoms with Crippen molar-refractivity contribution >= 4 is 17.8 Å². The predicted octanol–water partition coefficient (Wildman–Crippen LogP) is -0.824. The van der Waals surface area contributed by atoms with Gasteiger partial charge in [-0.05, 0) is 30.2 Å². The minimum atomic E-state index is -0.493. The molecule has 9 heteroatoms. The van der Waals surface area contributed by atoms with Gasteiger partial charge in [0.25, 0.3) is 0 Å². The lowest BCUT2D eigenvalue weighted by Gasteiger charge is -2.34. The number of carbonyl (C=O) groups is 2. The van der Waals surface area contributed by atoms with Crippen LogP contribution < -0.4 is 10.2 Å². The summed E-state index contributed by atoms with van der Waals surface area (Å²) in [5.41, 5.74) is 0.962. The highest BCUT2D eigenvalue weighted by Crippen LogP contribution is 2.19. The Kier molecular flexibility index (Phi) is 4.26. The van der Waals surface area contributed by atoms with Gasteiger partial charge in [-0.15, -0.1) is 0 Å². The van der Waals surface area contributed by atoms with E-state index in [2.05, 4.69) is 27.4 Å². The number of anilines is 1. The van der Waals surface area contributed by atoms with Crippen molar-refractivity contribution in [3.63, 3.8) is 0 Å². The summed E-state index contributed by atoms with van der Waals surface area (Å²) in [6, 6.07) is 0.194. The second-order valence-electron chi connectivity index (χ2n) is 6.12. The number of aromatic nitrogens is 4. The summed E-state index contributed by atoms with van der Waals surface area (Å²) in [7, 11) is 0. The Bertz CT molecular complexity index is 614. The topological polar surface area (TPSA) is 96.2 Å². The van der Waals surface area contributed by atoms with Crippen LogP contribution in [-0.4, -0.2) is 69.1 Å². The highest BCUT2D eigenvalue weighted by Gasteiger charge is 2.31. The molecule has 2 amide bonds. The Morgan fingerprint density at radius 1 is 1.26 bits per heavy atom. The van der Waals surface area contributed by atoms with Gasteiger partial charge in [0.15, 0.2) is 0 Å². The van der Waals surface area contributed by atoms with Gasteiger partial charge in [-0.1, -0.05) is 17.3 Å². The standard InChI is InChI=1S/C14H21N7O2/c1-10(2)9-21-14(16-17-18-21)20-7-5-19(6-8-20)13(23)12(22)15-11-3-4-11/h11H,1,3-9H2,2H3,(H,15,22). The first kappa shape index (κ1) is 15.4. The van der Waals surface area contributed by atoms with E-state index in [0.29, 0.717) is 38.7 Å². The number of allylic oxidation sites excluding steroid dienone is 1. The molecular formula is C14H21N7O2. The zero-order valence-electron chi connectivity index (χ0n) is 13.2. The summed E-state index contributed by atoms with van der Waals surface area (Å²) in [6.45, 7) is 8.50. The van der Waals surface area contributed by atoms with Gasteiger partial charge < -0.3 is 15.1 Å². The predicted molar refractivity (Wildman–Crippen MR) is 82.6 cm³/mol. The fraction of sp³-hybridized carbons (Fsp3) is 0.643. The van der Waals surface area contributed by atoms with Crippen LogP contribution in [-0.2, 0) is 16.1 Å². The van der Waals surface area contributed by atoms with Crippen LogP contribution in [0.15, 0.2) is 12.2 Å². The van der Waals surface area contributed by atoms with Crippen LogP contribution >= 0.6 is 0 Å². The normalized spacial score (nSPS) is 18.0. The van der Waals surface area contributed by atoms with Crippen molar-refractivity contribution < 1.29 is 9.59 Å². The van der Waals surface area contributed by atoms with E-state index in [0.717, 1.165) is 18.4 Å². The van der Waals surface area contributed by atoms with Gasteiger partial charge in [0.2, 0.25) is 5.95 Å². The zero-order chi connectivity index (χ0) is 16.4. The summed E-state index contributed by atoms with van der Waals surface area (Å²) in [5, 5.41) is 14.4. The number of carbonyl (C=O) groups excluding carboxylic acids is 2. The zero-order valence-corrected chi connectivity index (χ0v) is 13.2. The number of rotatable bonds is 4. The molecule has 2 heterocycles. The molecule has 124 valence electrons. The quantitative estimate of drug-likeness (QED) is 0.575. The third kappa shape index (κ3) is 3.66. The number of nitrogens with one attached hydrogen (secondary N) is 1. The van der Waals surface area contributed by atoms with Crippen molar-refractivity contribution in [3.8, 4) is 0 Å². The van der Waals surface area contributed by atoms with Crippen molar-refractivity contribution in [2.24, 2.45) is 0 Å². The maximum Gasteiger partial charge on any atom is 0.312 e. The van der Waals surface area contributed by atoms with Crippen LogP contribution in [0.4, 0.5) is 5.95 Å². The second kappa shape index (κ2) is 6.35. The van der Waals surface area contributed by atoms with Gasteiger partial charge in [0.05, 0.1) is 6.54 Å². The number of hydrogen-bond acceptors (Lipinski definition) is 6. The number of hydrogen-bond donors (Lipinski definition) is 1. The summed E-state index contributed by atoms with van der Waals surface area (Å²) in [6.07, 6.45) is 1.94. The Hall–Kier alpha value is -2.45. The number of nitrogens with zero attached hydrogens (tertiary/aromatic N) is 6. The van der Waals surface area contributed by atoms with E-state index in [1.165, 1.54) is 0 Å². The minimum Gasteiger partial charge on any atom is -0.345 e. The molecule has 1 N–H and O–H groups in total. The molecule has 1 aliphatic heterocycles. The molecule has 0 atom stereocenters. The van der Waals surface area contributed by atoms with E-state index >= 15 is 0 Å². The lowest BCUT2D eigenvalue weighted by molar-refractivity contribution is -0.146. The molecule has 1 aromatic rings. The van der Waals surface area contributed by atoms with Gasteiger partial charge in [-0.2, -0.15) is 0 Å². The van der Waals surface area contributed by atoms with E-state index in [9.17, 15) is 9.59 Å². The third-order valence-electron chi connectivity index (χ3n) is 3.89. The molecule has 2 fully saturated rings. The molecule has 1 saturated heterocycles. The van der Waals surface area contributed by atoms with Crippen molar-refractivity contribution in [2.75, 3.05) is 31.1 Å². The van der Waals surface area contributed by atoms with E-state index in [1.807, 2.05) is 11.8 Å². The lowest BCUT2D eigenvalue weighted by atomic mass is 10.3. The van der Waals surface area contributed by atoms with Crippen LogP contribution in [0, 0.1) is 0 Å². The fourth-order valence-corrected chi connectivity index (χ4v) is 2.51. The number of amides is 2. The van der Waals surface area contributed by atoms with Crippen molar-refractivity contribution in [3.05, 3.63) is 12.2 Å². The summed E-state index contributed by atoms with van der Waals surface area (Å²) in [5.74, 6) is -0.270. The van der Waals surface area contributed by atoms with Gasteiger partial charge in [0.1, 0.15) is 0 Å². The largest absolute Gasteiger partial charge is 0.345 e. The molecule has 3 rings (SSSR count). The minimum absolute atomic E-state index is 0.194. The van der Waals surface area contributed by atoms with Crippen LogP contribution in [0.3, 0.4) is 0 Å². The molecule has 9 nitrogen and oxygen atoms in total. The first-order chi connectivity index (χ1) is 11.0. The molecule has 0 radical (unpaired) electrons. The monoisotopic (exact) mass is 319 g/mol. The average Bonchev–Trinajstić information content (AvgIpc) is 3.23. The van der Waals surface area contributed by atoms with E-state index in [4.69, 9.17) is 0 Å². The van der Waals surface area contributed by atoms with E-state index < -0.39 is 11.8 Å². The molecule has 0 spiro atoms. The maximum atomic E-state index is 12.1. The Balaban J connectivity index is 1.55. The average molecular weight is 319 g/mol. The maximum absolute atomic E-state index is 12.1. The van der Waals surface area contributed by atoms with Crippen LogP contribution in [0.1, 0.15) is 19.8 Å². The highest BCUT2D eigenvalue weighted by molar-refractivity contribution is 6.35. The first-order valence-corrected chi connectivity index (χ1v) is 7.80. The Labute approximate surface area is 134 Å². The highest BCUT2D eigenvalue weighted by atomic mass is 16.2. The van der Waals surface area contributed by atoms with Crippen LogP contribution in [0.25, 0.3) is 0 Å². The molecule has 0 aromatic carbocycles. The SMILES string of the molecule is C=C(C)Cn1nnnc1N1CCN(C(=O)C(=O)NC2CC2)CC1. The number of tetrazole rings is 1. The van der Waals surface area contributed by atoms with Gasteiger partial charge in [-0.25, -0.2) is 4.68 Å². The summed E-state index contributed by atoms with van der Waals surface area (Å²) < 4.78 is 1.69. The molecule has 1 aliphatic carbocycles. The first-order valence-electron chi connectivity index (χ1n) is 7.80. The lowest BCUT2D eigenvalue weighted by Crippen LogP contribution is -2.53. The van der Waals surface area contributed by atoms with Gasteiger partial charge >= 0.3 is 11.8 Å². The molecule has 1 aromatic heterocycles. The molecule has 0 bridgehead atoms. The second-order valence-corrected chi connectivity index (χ2v) is 6.12. The van der Waals surface area contributed by atoms with Crippen molar-refractivity contribution in [2.45, 2.75) is 32.4 Å². The summed E-state index contributed by atoms with van der Waals surface area (Å²) in [4.78, 5) is 27.5. The van der Waals surface area contributed by atoms with Crippen LogP contribution in [0.2, 0.25) is 0 Å². The van der Waals surface area contributed by atoms with Gasteiger partial charge in [-0.3, -0.25) is 9.59 Å². The van der Waals surface area contributed by atoms with Crippen molar-refractivity contribution in [1.82, 2.24) is 30.4 Å². The molecule has 2 aliphatic rings. The van der Waals surface area contributed by atoms with Crippen LogP contribution in [0.5, 0.6) is 0 Å². The van der Waals surface area contributed by atoms with E-state index in [-0.39, 0.29) is 6.04 Å². The van der Waals surface area contributed by atoms with Gasteiger partial charge in [0, 0.05) is 32.2 Å². The van der Waals surface area contributed by atoms with Crippen molar-refractivity contribution in [1.29, 1.82) is 0 Å². The smallest absolute Gasteiger partial charge is 0.312 e. The molecular weight excluding hydrogens is 298 g/mol. The fourth-order valence-electron chi connectivity index (χ4n) is 2.51. The molecule has 23 heavy (non-hydrogen) atoms. The number of piperazine rings is 1. The Morgan fingerprint density at radius 2 is 1.96 bits per heavy atom. The molecule has 0 unspecified atom stereocenters. The Morgan fingerprint density at radius 3 is 2.57 bits per heavy atom. The molecule has 1 saturated carbocycles. The summed E-state index contributed by atoms with van der Waals surface area (Å²) >= 11 is 0.